The molecule has 0 aliphatic rings. The summed E-state index contributed by atoms with van der Waals surface area (Å²) in [5.41, 5.74) is 5.95. The van der Waals surface area contributed by atoms with Crippen molar-refractivity contribution in [3.8, 4) is 0 Å². The second-order valence-corrected chi connectivity index (χ2v) is 5.38. The number of halogens is 3. The van der Waals surface area contributed by atoms with Crippen molar-refractivity contribution < 1.29 is 21.6 Å². The summed E-state index contributed by atoms with van der Waals surface area (Å²) in [5.74, 6) is 0. The van der Waals surface area contributed by atoms with Gasteiger partial charge in [-0.25, -0.2) is 13.1 Å². The topological polar surface area (TPSA) is 72.2 Å². The van der Waals surface area contributed by atoms with Crippen molar-refractivity contribution in [3.05, 3.63) is 29.8 Å². The Morgan fingerprint density at radius 2 is 1.94 bits per heavy atom. The molecule has 0 spiro atoms. The highest BCUT2D eigenvalue weighted by molar-refractivity contribution is 7.89. The summed E-state index contributed by atoms with van der Waals surface area (Å²) in [6, 6.07) is 5.75. The Morgan fingerprint density at radius 1 is 1.28 bits per heavy atom. The van der Waals surface area contributed by atoms with Crippen LogP contribution in [0.1, 0.15) is 12.0 Å². The minimum absolute atomic E-state index is 0.0902. The molecule has 0 aliphatic heterocycles. The second-order valence-electron chi connectivity index (χ2n) is 3.61. The summed E-state index contributed by atoms with van der Waals surface area (Å²) in [5, 5.41) is 0. The van der Waals surface area contributed by atoms with Gasteiger partial charge >= 0.3 is 6.18 Å². The smallest absolute Gasteiger partial charge is 0.326 e. The minimum atomic E-state index is -4.39. The van der Waals surface area contributed by atoms with Crippen molar-refractivity contribution in [1.82, 2.24) is 4.72 Å². The Hall–Kier alpha value is -1.12. The van der Waals surface area contributed by atoms with Crippen LogP contribution in [0.3, 0.4) is 0 Å². The zero-order valence-corrected chi connectivity index (χ0v) is 10.2. The lowest BCUT2D eigenvalue weighted by Gasteiger charge is -2.09. The predicted molar refractivity (Wildman–Crippen MR) is 60.2 cm³/mol. The molecule has 0 bridgehead atoms. The van der Waals surface area contributed by atoms with Gasteiger partial charge in [0.25, 0.3) is 0 Å². The van der Waals surface area contributed by atoms with Crippen LogP contribution in [0.2, 0.25) is 0 Å². The molecule has 0 aliphatic carbocycles. The Bertz CT molecular complexity index is 500. The van der Waals surface area contributed by atoms with Gasteiger partial charge in [0.2, 0.25) is 10.0 Å². The van der Waals surface area contributed by atoms with Gasteiger partial charge < -0.3 is 5.73 Å². The first-order valence-electron chi connectivity index (χ1n) is 5.10. The van der Waals surface area contributed by atoms with Crippen molar-refractivity contribution in [2.75, 3.05) is 6.54 Å². The molecule has 0 amide bonds. The number of alkyl halides is 3. The maximum atomic E-state index is 11.9. The first kappa shape index (κ1) is 14.9. The molecule has 1 rings (SSSR count). The maximum absolute atomic E-state index is 11.9. The summed E-state index contributed by atoms with van der Waals surface area (Å²) in [6.45, 7) is -0.523. The van der Waals surface area contributed by atoms with Crippen LogP contribution in [0.4, 0.5) is 13.2 Å². The predicted octanol–water partition coefficient (Wildman–Crippen LogP) is 1.38. The maximum Gasteiger partial charge on any atom is 0.390 e. The lowest BCUT2D eigenvalue weighted by molar-refractivity contribution is -0.132. The molecule has 0 heterocycles. The van der Waals surface area contributed by atoms with E-state index in [4.69, 9.17) is 5.73 Å². The third-order valence-corrected chi connectivity index (χ3v) is 3.60. The van der Waals surface area contributed by atoms with Crippen LogP contribution in [-0.2, 0) is 16.6 Å². The first-order valence-corrected chi connectivity index (χ1v) is 6.58. The monoisotopic (exact) mass is 282 g/mol. The largest absolute Gasteiger partial charge is 0.390 e. The fourth-order valence-corrected chi connectivity index (χ4v) is 2.35. The fraction of sp³-hybridized carbons (Fsp3) is 0.400. The van der Waals surface area contributed by atoms with Crippen molar-refractivity contribution >= 4 is 10.0 Å². The van der Waals surface area contributed by atoms with Crippen LogP contribution < -0.4 is 10.5 Å². The lowest BCUT2D eigenvalue weighted by Crippen LogP contribution is -2.28. The number of rotatable bonds is 5. The highest BCUT2D eigenvalue weighted by Gasteiger charge is 2.27. The molecule has 0 radical (unpaired) electrons. The highest BCUT2D eigenvalue weighted by atomic mass is 32.2. The summed E-state index contributed by atoms with van der Waals surface area (Å²) in [7, 11) is -3.92. The van der Waals surface area contributed by atoms with E-state index in [0.717, 1.165) is 0 Å². The fourth-order valence-electron chi connectivity index (χ4n) is 1.25. The molecule has 0 fully saturated rings. The molecule has 1 aromatic rings. The second kappa shape index (κ2) is 5.68. The van der Waals surface area contributed by atoms with Gasteiger partial charge in [-0.05, 0) is 17.7 Å². The molecule has 0 saturated heterocycles. The van der Waals surface area contributed by atoms with E-state index >= 15 is 0 Å². The van der Waals surface area contributed by atoms with E-state index in [-0.39, 0.29) is 11.4 Å². The summed E-state index contributed by atoms with van der Waals surface area (Å²) >= 11 is 0. The van der Waals surface area contributed by atoms with E-state index in [2.05, 4.69) is 0 Å². The van der Waals surface area contributed by atoms with Crippen LogP contribution in [0.15, 0.2) is 29.2 Å². The zero-order chi connectivity index (χ0) is 13.8. The van der Waals surface area contributed by atoms with E-state index in [9.17, 15) is 21.6 Å². The standard InChI is InChI=1S/C10H13F3N2O2S/c11-10(12,13)4-5-15-18(16,17)9-3-1-2-8(6-9)7-14/h1-3,6,15H,4-5,7,14H2. The first-order chi connectivity index (χ1) is 8.24. The van der Waals surface area contributed by atoms with Gasteiger partial charge in [-0.15, -0.1) is 0 Å². The molecule has 0 aromatic heterocycles. The van der Waals surface area contributed by atoms with E-state index in [1.54, 1.807) is 6.07 Å². The molecule has 0 unspecified atom stereocenters. The molecule has 0 atom stereocenters. The van der Waals surface area contributed by atoms with Crippen LogP contribution >= 0.6 is 0 Å². The molecule has 8 heteroatoms. The Kier molecular flexibility index (Phi) is 4.71. The van der Waals surface area contributed by atoms with Crippen molar-refractivity contribution in [2.45, 2.75) is 24.0 Å². The molecular weight excluding hydrogens is 269 g/mol. The average Bonchev–Trinajstić information content (AvgIpc) is 2.27. The van der Waals surface area contributed by atoms with E-state index in [0.29, 0.717) is 5.56 Å². The number of benzene rings is 1. The third kappa shape index (κ3) is 4.63. The van der Waals surface area contributed by atoms with Gasteiger partial charge in [-0.3, -0.25) is 0 Å². The number of sulfonamides is 1. The molecule has 1 aromatic carbocycles. The van der Waals surface area contributed by atoms with E-state index < -0.39 is 29.2 Å². The van der Waals surface area contributed by atoms with Gasteiger partial charge in [0.15, 0.2) is 0 Å². The molecule has 3 N–H and O–H groups in total. The van der Waals surface area contributed by atoms with E-state index in [1.165, 1.54) is 18.2 Å². The van der Waals surface area contributed by atoms with Gasteiger partial charge in [-0.1, -0.05) is 12.1 Å². The quantitative estimate of drug-likeness (QED) is 0.857. The molecule has 4 nitrogen and oxygen atoms in total. The number of nitrogens with two attached hydrogens (primary N) is 1. The van der Waals surface area contributed by atoms with E-state index in [1.807, 2.05) is 4.72 Å². The van der Waals surface area contributed by atoms with Gasteiger partial charge in [0.1, 0.15) is 0 Å². The van der Waals surface area contributed by atoms with Gasteiger partial charge in [0, 0.05) is 13.1 Å². The Labute approximate surface area is 103 Å². The van der Waals surface area contributed by atoms with Crippen molar-refractivity contribution in [1.29, 1.82) is 0 Å². The number of hydrogen-bond acceptors (Lipinski definition) is 3. The van der Waals surface area contributed by atoms with Crippen LogP contribution in [0.25, 0.3) is 0 Å². The molecule has 102 valence electrons. The Morgan fingerprint density at radius 3 is 2.50 bits per heavy atom. The SMILES string of the molecule is NCc1cccc(S(=O)(=O)NCCC(F)(F)F)c1. The van der Waals surface area contributed by atoms with Crippen molar-refractivity contribution in [2.24, 2.45) is 5.73 Å². The highest BCUT2D eigenvalue weighted by Crippen LogP contribution is 2.19. The zero-order valence-electron chi connectivity index (χ0n) is 9.37. The lowest BCUT2D eigenvalue weighted by atomic mass is 10.2. The average molecular weight is 282 g/mol. The molecular formula is C10H13F3N2O2S. The summed E-state index contributed by atoms with van der Waals surface area (Å²) < 4.78 is 60.9. The molecule has 0 saturated carbocycles. The van der Waals surface area contributed by atoms with Gasteiger partial charge in [-0.2, -0.15) is 13.2 Å². The summed E-state index contributed by atoms with van der Waals surface area (Å²) in [6.07, 6.45) is -5.59. The summed E-state index contributed by atoms with van der Waals surface area (Å²) in [4.78, 5) is -0.0902. The minimum Gasteiger partial charge on any atom is -0.326 e. The molecule has 18 heavy (non-hydrogen) atoms. The van der Waals surface area contributed by atoms with Crippen LogP contribution in [0, 0.1) is 0 Å². The van der Waals surface area contributed by atoms with Gasteiger partial charge in [0.05, 0.1) is 11.3 Å². The number of nitrogens with one attached hydrogen (secondary N) is 1. The normalized spacial score (nSPS) is 12.7. The Balaban J connectivity index is 2.74. The van der Waals surface area contributed by atoms with Crippen LogP contribution in [-0.4, -0.2) is 21.1 Å². The third-order valence-electron chi connectivity index (χ3n) is 2.15. The van der Waals surface area contributed by atoms with Crippen molar-refractivity contribution in [3.63, 3.8) is 0 Å². The van der Waals surface area contributed by atoms with Crippen LogP contribution in [0.5, 0.6) is 0 Å². The number of hydrogen-bond donors (Lipinski definition) is 2.